The summed E-state index contributed by atoms with van der Waals surface area (Å²) in [6.45, 7) is 1.65. The van der Waals surface area contributed by atoms with Crippen LogP contribution in [0.2, 0.25) is 0 Å². The number of nitrogens with zero attached hydrogens (tertiary/aromatic N) is 2. The molecule has 2 aliphatic heterocycles. The molecular weight excluding hydrogens is 627 g/mol. The Morgan fingerprint density at radius 2 is 1.72 bits per heavy atom. The number of alkyl halides is 3. The van der Waals surface area contributed by atoms with Gasteiger partial charge < -0.3 is 29.1 Å². The second kappa shape index (κ2) is 13.9. The number of aliphatic hydroxyl groups is 1. The molecule has 0 aliphatic carbocycles. The summed E-state index contributed by atoms with van der Waals surface area (Å²) < 4.78 is 83.4. The fourth-order valence-corrected chi connectivity index (χ4v) is 6.18. The van der Waals surface area contributed by atoms with Crippen molar-refractivity contribution in [2.45, 2.75) is 31.5 Å². The van der Waals surface area contributed by atoms with Crippen LogP contribution in [0.1, 0.15) is 34.3 Å². The monoisotopic (exact) mass is 663 g/mol. The van der Waals surface area contributed by atoms with Crippen LogP contribution in [0.25, 0.3) is 11.1 Å². The Morgan fingerprint density at radius 1 is 0.978 bits per heavy atom. The number of aliphatic hydroxyl groups excluding tert-OH is 1. The quantitative estimate of drug-likeness (QED) is 0.220. The molecule has 5 rings (SSSR count). The highest BCUT2D eigenvalue weighted by Gasteiger charge is 2.33. The molecule has 14 heteroatoms. The van der Waals surface area contributed by atoms with Crippen molar-refractivity contribution < 1.29 is 45.7 Å². The number of carbonyl (C=O) groups excluding carboxylic acids is 1. The summed E-state index contributed by atoms with van der Waals surface area (Å²) in [4.78, 5) is 17.1. The number of nitrogens with one attached hydrogen (secondary N) is 1. The Morgan fingerprint density at radius 3 is 2.41 bits per heavy atom. The summed E-state index contributed by atoms with van der Waals surface area (Å²) >= 11 is 0. The Kier molecular flexibility index (Phi) is 10.1. The van der Waals surface area contributed by atoms with Gasteiger partial charge in [-0.25, -0.2) is 8.42 Å². The smallest absolute Gasteiger partial charge is 0.416 e. The number of carbonyl (C=O) groups is 1. The zero-order valence-electron chi connectivity index (χ0n) is 25.5. The van der Waals surface area contributed by atoms with Gasteiger partial charge in [-0.3, -0.25) is 9.52 Å². The molecule has 0 unspecified atom stereocenters. The number of methoxy groups -OCH3 is 1. The van der Waals surface area contributed by atoms with Crippen LogP contribution in [0.15, 0.2) is 54.6 Å². The first-order valence-corrected chi connectivity index (χ1v) is 16.6. The van der Waals surface area contributed by atoms with E-state index in [9.17, 15) is 31.5 Å². The number of hydrogen-bond donors (Lipinski definition) is 2. The molecule has 0 bridgehead atoms. The molecule has 0 atom stereocenters. The van der Waals surface area contributed by atoms with E-state index in [1.807, 2.05) is 11.0 Å². The number of fused-ring (bicyclic) bond motifs is 1. The van der Waals surface area contributed by atoms with Gasteiger partial charge in [0, 0.05) is 49.2 Å². The van der Waals surface area contributed by atoms with Gasteiger partial charge in [0.25, 0.3) is 5.91 Å². The van der Waals surface area contributed by atoms with Crippen molar-refractivity contribution in [2.75, 3.05) is 67.5 Å². The minimum absolute atomic E-state index is 0.139. The lowest BCUT2D eigenvalue weighted by Crippen LogP contribution is -2.37. The number of sulfonamides is 1. The first-order chi connectivity index (χ1) is 21.8. The lowest BCUT2D eigenvalue weighted by Gasteiger charge is -2.34. The average molecular weight is 664 g/mol. The summed E-state index contributed by atoms with van der Waals surface area (Å²) in [6.07, 6.45) is -2.60. The van der Waals surface area contributed by atoms with E-state index in [4.69, 9.17) is 14.2 Å². The van der Waals surface area contributed by atoms with E-state index in [1.54, 1.807) is 24.3 Å². The molecule has 248 valence electrons. The van der Waals surface area contributed by atoms with Gasteiger partial charge in [0.15, 0.2) is 6.79 Å². The van der Waals surface area contributed by atoms with E-state index >= 15 is 0 Å². The van der Waals surface area contributed by atoms with Gasteiger partial charge in [0.2, 0.25) is 10.0 Å². The molecule has 3 aromatic rings. The minimum atomic E-state index is -4.51. The van der Waals surface area contributed by atoms with Crippen molar-refractivity contribution in [3.05, 3.63) is 71.3 Å². The number of rotatable bonds is 11. The first kappa shape index (κ1) is 33.5. The van der Waals surface area contributed by atoms with Crippen molar-refractivity contribution in [3.63, 3.8) is 0 Å². The summed E-state index contributed by atoms with van der Waals surface area (Å²) in [5.41, 5.74) is 2.77. The van der Waals surface area contributed by atoms with E-state index in [0.717, 1.165) is 24.0 Å². The molecule has 1 saturated heterocycles. The van der Waals surface area contributed by atoms with Crippen LogP contribution in [0.3, 0.4) is 0 Å². The van der Waals surface area contributed by atoms with Crippen LogP contribution in [-0.2, 0) is 32.1 Å². The first-order valence-electron chi connectivity index (χ1n) is 14.7. The molecule has 1 fully saturated rings. The lowest BCUT2D eigenvalue weighted by atomic mass is 9.92. The highest BCUT2D eigenvalue weighted by Crippen LogP contribution is 2.40. The molecule has 10 nitrogen and oxygen atoms in total. The van der Waals surface area contributed by atoms with Gasteiger partial charge in [-0.2, -0.15) is 13.2 Å². The minimum Gasteiger partial charge on any atom is -0.465 e. The van der Waals surface area contributed by atoms with E-state index in [-0.39, 0.29) is 37.3 Å². The topological polar surface area (TPSA) is 118 Å². The third kappa shape index (κ3) is 7.92. The fourth-order valence-electron chi connectivity index (χ4n) is 5.62. The van der Waals surface area contributed by atoms with E-state index in [1.165, 1.54) is 24.1 Å². The molecule has 2 N–H and O–H groups in total. The SMILES string of the molecule is COCCOCOc1ccc(N2CCc3cc(-c4ccc(C(F)(F)F)cc4N4CCC(O)CC4)ccc3C2=O)cc1NS(C)(=O)=O. The molecule has 1 amide bonds. The van der Waals surface area contributed by atoms with Gasteiger partial charge in [0.05, 0.1) is 36.8 Å². The zero-order chi connectivity index (χ0) is 33.1. The molecule has 0 aromatic heterocycles. The largest absolute Gasteiger partial charge is 0.465 e. The van der Waals surface area contributed by atoms with E-state index in [2.05, 4.69) is 4.72 Å². The van der Waals surface area contributed by atoms with E-state index < -0.39 is 27.9 Å². The van der Waals surface area contributed by atoms with Crippen LogP contribution < -0.4 is 19.3 Å². The maximum absolute atomic E-state index is 13.7. The maximum atomic E-state index is 13.7. The number of piperidine rings is 1. The summed E-state index contributed by atoms with van der Waals surface area (Å²) in [7, 11) is -2.14. The Balaban J connectivity index is 1.41. The number of amides is 1. The number of anilines is 3. The Labute approximate surface area is 265 Å². The third-order valence-corrected chi connectivity index (χ3v) is 8.52. The lowest BCUT2D eigenvalue weighted by molar-refractivity contribution is -0.137. The second-order valence-electron chi connectivity index (χ2n) is 11.2. The van der Waals surface area contributed by atoms with Gasteiger partial charge >= 0.3 is 6.18 Å². The number of benzene rings is 3. The highest BCUT2D eigenvalue weighted by molar-refractivity contribution is 7.92. The highest BCUT2D eigenvalue weighted by atomic mass is 32.2. The molecular formula is C32H36F3N3O7S. The maximum Gasteiger partial charge on any atom is 0.416 e. The van der Waals surface area contributed by atoms with Crippen molar-refractivity contribution >= 4 is 33.0 Å². The van der Waals surface area contributed by atoms with Crippen LogP contribution in [0.4, 0.5) is 30.2 Å². The predicted octanol–water partition coefficient (Wildman–Crippen LogP) is 4.91. The molecule has 0 radical (unpaired) electrons. The van der Waals surface area contributed by atoms with Crippen molar-refractivity contribution in [3.8, 4) is 16.9 Å². The third-order valence-electron chi connectivity index (χ3n) is 7.93. The molecule has 3 aromatic carbocycles. The van der Waals surface area contributed by atoms with Crippen LogP contribution in [0.5, 0.6) is 5.75 Å². The summed E-state index contributed by atoms with van der Waals surface area (Å²) in [6, 6.07) is 13.6. The predicted molar refractivity (Wildman–Crippen MR) is 168 cm³/mol. The van der Waals surface area contributed by atoms with E-state index in [0.29, 0.717) is 67.0 Å². The molecule has 2 aliphatic rings. The molecule has 46 heavy (non-hydrogen) atoms. The van der Waals surface area contributed by atoms with Crippen molar-refractivity contribution in [2.24, 2.45) is 0 Å². The number of ether oxygens (including phenoxy) is 3. The Hall–Kier alpha value is -3.85. The van der Waals surface area contributed by atoms with Gasteiger partial charge in [-0.1, -0.05) is 18.2 Å². The molecule has 0 spiro atoms. The van der Waals surface area contributed by atoms with Gasteiger partial charge in [-0.15, -0.1) is 0 Å². The Bertz CT molecular complexity index is 1680. The number of hydrogen-bond acceptors (Lipinski definition) is 8. The summed E-state index contributed by atoms with van der Waals surface area (Å²) in [5, 5.41) is 9.96. The molecule has 2 heterocycles. The number of halogens is 3. The van der Waals surface area contributed by atoms with Crippen LogP contribution >= 0.6 is 0 Å². The van der Waals surface area contributed by atoms with Crippen LogP contribution in [-0.4, -0.2) is 78.5 Å². The molecule has 0 saturated carbocycles. The second-order valence-corrected chi connectivity index (χ2v) is 13.0. The normalized spacial score (nSPS) is 16.0. The van der Waals surface area contributed by atoms with Gasteiger partial charge in [-0.05, 0) is 66.8 Å². The summed E-state index contributed by atoms with van der Waals surface area (Å²) in [5.74, 6) is -0.0796. The fraction of sp³-hybridized carbons (Fsp3) is 0.406. The average Bonchev–Trinajstić information content (AvgIpc) is 3.00. The standard InChI is InChI=1S/C32H36F3N3O7S/c1-43-15-16-44-20-45-30-8-5-24(19-28(30)36-46(2,41)42)38-14-9-22-17-21(3-6-27(22)31(38)40)26-7-4-23(32(33,34)35)18-29(26)37-12-10-25(39)11-13-37/h3-8,17-19,25,36,39H,9-16,20H2,1-2H3. The van der Waals surface area contributed by atoms with Crippen molar-refractivity contribution in [1.29, 1.82) is 0 Å². The zero-order valence-corrected chi connectivity index (χ0v) is 26.3. The van der Waals surface area contributed by atoms with Crippen LogP contribution in [0, 0.1) is 0 Å². The van der Waals surface area contributed by atoms with Gasteiger partial charge in [0.1, 0.15) is 5.75 Å². The van der Waals surface area contributed by atoms with Crippen molar-refractivity contribution in [1.82, 2.24) is 0 Å².